The largest absolute Gasteiger partial charge is 0.339 e. The third-order valence-corrected chi connectivity index (χ3v) is 4.17. The van der Waals surface area contributed by atoms with E-state index in [1.807, 2.05) is 0 Å². The lowest BCUT2D eigenvalue weighted by Crippen LogP contribution is -2.28. The van der Waals surface area contributed by atoms with E-state index in [-0.39, 0.29) is 17.6 Å². The molecule has 0 unspecified atom stereocenters. The summed E-state index contributed by atoms with van der Waals surface area (Å²) in [6.45, 7) is 2.96. The molecule has 1 aliphatic heterocycles. The summed E-state index contributed by atoms with van der Waals surface area (Å²) in [6.07, 6.45) is 4.91. The second kappa shape index (κ2) is 7.25. The van der Waals surface area contributed by atoms with Crippen LogP contribution in [-0.4, -0.2) is 40.6 Å². The highest BCUT2D eigenvalue weighted by atomic mass is 16.2. The van der Waals surface area contributed by atoms with Crippen molar-refractivity contribution >= 4 is 23.3 Å². The molecule has 2 heterocycles. The molecule has 25 heavy (non-hydrogen) atoms. The SMILES string of the molecule is CC(=O)c1cccc(NC(=O)c2cncc(C(=O)N3CCCC3)c2)c1. The van der Waals surface area contributed by atoms with Crippen LogP contribution in [0.15, 0.2) is 42.7 Å². The molecule has 0 bridgehead atoms. The third-order valence-electron chi connectivity index (χ3n) is 4.17. The lowest BCUT2D eigenvalue weighted by molar-refractivity contribution is 0.0792. The Labute approximate surface area is 145 Å². The average molecular weight is 337 g/mol. The fraction of sp³-hybridized carbons (Fsp3) is 0.263. The van der Waals surface area contributed by atoms with Crippen LogP contribution in [0.4, 0.5) is 5.69 Å². The van der Waals surface area contributed by atoms with Crippen LogP contribution < -0.4 is 5.32 Å². The van der Waals surface area contributed by atoms with Crippen LogP contribution >= 0.6 is 0 Å². The summed E-state index contributed by atoms with van der Waals surface area (Å²) < 4.78 is 0. The number of ketones is 1. The van der Waals surface area contributed by atoms with Gasteiger partial charge in [0.2, 0.25) is 0 Å². The topological polar surface area (TPSA) is 79.4 Å². The Morgan fingerprint density at radius 2 is 1.72 bits per heavy atom. The van der Waals surface area contributed by atoms with Crippen molar-refractivity contribution in [2.75, 3.05) is 18.4 Å². The van der Waals surface area contributed by atoms with Crippen LogP contribution in [-0.2, 0) is 0 Å². The first-order chi connectivity index (χ1) is 12.0. The molecule has 1 aromatic carbocycles. The van der Waals surface area contributed by atoms with Crippen LogP contribution in [0, 0.1) is 0 Å². The second-order valence-electron chi connectivity index (χ2n) is 6.05. The van der Waals surface area contributed by atoms with Gasteiger partial charge in [0.15, 0.2) is 5.78 Å². The van der Waals surface area contributed by atoms with Crippen LogP contribution in [0.2, 0.25) is 0 Å². The number of carbonyl (C=O) groups is 3. The minimum absolute atomic E-state index is 0.0732. The Morgan fingerprint density at radius 3 is 2.44 bits per heavy atom. The molecule has 0 saturated carbocycles. The molecule has 2 aromatic rings. The Bertz CT molecular complexity index is 826. The Morgan fingerprint density at radius 1 is 1.00 bits per heavy atom. The monoisotopic (exact) mass is 337 g/mol. The van der Waals surface area contributed by atoms with Crippen molar-refractivity contribution in [2.24, 2.45) is 0 Å². The van der Waals surface area contributed by atoms with Gasteiger partial charge in [-0.3, -0.25) is 19.4 Å². The van der Waals surface area contributed by atoms with E-state index in [2.05, 4.69) is 10.3 Å². The van der Waals surface area contributed by atoms with Crippen molar-refractivity contribution < 1.29 is 14.4 Å². The van der Waals surface area contributed by atoms with Crippen molar-refractivity contribution in [1.82, 2.24) is 9.88 Å². The first-order valence-electron chi connectivity index (χ1n) is 8.21. The maximum Gasteiger partial charge on any atom is 0.257 e. The zero-order valence-electron chi connectivity index (χ0n) is 14.0. The number of Topliss-reactive ketones (excluding diaryl/α,β-unsaturated/α-hetero) is 1. The minimum atomic E-state index is -0.371. The van der Waals surface area contributed by atoms with E-state index in [9.17, 15) is 14.4 Å². The highest BCUT2D eigenvalue weighted by Crippen LogP contribution is 2.15. The Kier molecular flexibility index (Phi) is 4.88. The maximum atomic E-state index is 12.4. The summed E-state index contributed by atoms with van der Waals surface area (Å²) in [5.74, 6) is -0.543. The highest BCUT2D eigenvalue weighted by Gasteiger charge is 2.20. The van der Waals surface area contributed by atoms with E-state index in [0.717, 1.165) is 25.9 Å². The Balaban J connectivity index is 1.76. The van der Waals surface area contributed by atoms with Gasteiger partial charge in [0.05, 0.1) is 11.1 Å². The van der Waals surface area contributed by atoms with Crippen LogP contribution in [0.1, 0.15) is 50.8 Å². The fourth-order valence-electron chi connectivity index (χ4n) is 2.80. The standard InChI is InChI=1S/C19H19N3O3/c1-13(23)14-5-4-6-17(10-14)21-18(24)15-9-16(12-20-11-15)19(25)22-7-2-3-8-22/h4-6,9-12H,2-3,7-8H2,1H3,(H,21,24). The number of anilines is 1. The van der Waals surface area contributed by atoms with Crippen LogP contribution in [0.3, 0.4) is 0 Å². The van der Waals surface area contributed by atoms with Crippen molar-refractivity contribution in [3.05, 3.63) is 59.4 Å². The zero-order chi connectivity index (χ0) is 17.8. The molecule has 0 radical (unpaired) electrons. The van der Waals surface area contributed by atoms with Gasteiger partial charge in [-0.2, -0.15) is 0 Å². The molecule has 2 amide bonds. The molecule has 1 aliphatic rings. The lowest BCUT2D eigenvalue weighted by Gasteiger charge is -2.15. The number of amides is 2. The van der Waals surface area contributed by atoms with Gasteiger partial charge < -0.3 is 10.2 Å². The molecular formula is C19H19N3O3. The van der Waals surface area contributed by atoms with E-state index < -0.39 is 0 Å². The number of hydrogen-bond acceptors (Lipinski definition) is 4. The molecule has 0 atom stereocenters. The molecule has 3 rings (SSSR count). The van der Waals surface area contributed by atoms with Crippen molar-refractivity contribution in [3.63, 3.8) is 0 Å². The number of pyridine rings is 1. The van der Waals surface area contributed by atoms with E-state index in [1.54, 1.807) is 35.2 Å². The second-order valence-corrected chi connectivity index (χ2v) is 6.05. The average Bonchev–Trinajstić information content (AvgIpc) is 3.16. The molecule has 0 aliphatic carbocycles. The number of carbonyl (C=O) groups excluding carboxylic acids is 3. The lowest BCUT2D eigenvalue weighted by atomic mass is 10.1. The summed E-state index contributed by atoms with van der Waals surface area (Å²) in [5, 5.41) is 2.73. The van der Waals surface area contributed by atoms with E-state index in [1.165, 1.54) is 19.3 Å². The number of hydrogen-bond donors (Lipinski definition) is 1. The quantitative estimate of drug-likeness (QED) is 0.870. The molecule has 6 heteroatoms. The molecule has 0 spiro atoms. The van der Waals surface area contributed by atoms with Gasteiger partial charge in [-0.15, -0.1) is 0 Å². The summed E-state index contributed by atoms with van der Waals surface area (Å²) in [6, 6.07) is 8.27. The van der Waals surface area contributed by atoms with E-state index >= 15 is 0 Å². The number of aromatic nitrogens is 1. The van der Waals surface area contributed by atoms with E-state index in [4.69, 9.17) is 0 Å². The van der Waals surface area contributed by atoms with Gasteiger partial charge in [-0.25, -0.2) is 0 Å². The molecule has 1 saturated heterocycles. The molecule has 1 N–H and O–H groups in total. The maximum absolute atomic E-state index is 12.4. The zero-order valence-corrected chi connectivity index (χ0v) is 14.0. The Hall–Kier alpha value is -3.02. The normalized spacial score (nSPS) is 13.6. The molecule has 6 nitrogen and oxygen atoms in total. The van der Waals surface area contributed by atoms with Crippen molar-refractivity contribution in [1.29, 1.82) is 0 Å². The van der Waals surface area contributed by atoms with Crippen LogP contribution in [0.25, 0.3) is 0 Å². The smallest absolute Gasteiger partial charge is 0.257 e. The summed E-state index contributed by atoms with van der Waals surface area (Å²) in [5.41, 5.74) is 1.76. The fourth-order valence-corrected chi connectivity index (χ4v) is 2.80. The number of rotatable bonds is 4. The van der Waals surface area contributed by atoms with Gasteiger partial charge in [-0.1, -0.05) is 12.1 Å². The molecular weight excluding hydrogens is 318 g/mol. The third kappa shape index (κ3) is 3.91. The summed E-state index contributed by atoms with van der Waals surface area (Å²) >= 11 is 0. The van der Waals surface area contributed by atoms with Crippen molar-refractivity contribution in [3.8, 4) is 0 Å². The number of likely N-dealkylation sites (tertiary alicyclic amines) is 1. The van der Waals surface area contributed by atoms with Gasteiger partial charge in [0.1, 0.15) is 0 Å². The van der Waals surface area contributed by atoms with Gasteiger partial charge in [0.25, 0.3) is 11.8 Å². The van der Waals surface area contributed by atoms with Gasteiger partial charge in [-0.05, 0) is 38.0 Å². The highest BCUT2D eigenvalue weighted by molar-refractivity contribution is 6.06. The number of benzene rings is 1. The molecule has 1 aromatic heterocycles. The van der Waals surface area contributed by atoms with E-state index in [0.29, 0.717) is 22.4 Å². The van der Waals surface area contributed by atoms with Gasteiger partial charge in [0, 0.05) is 36.7 Å². The predicted molar refractivity (Wildman–Crippen MR) is 93.8 cm³/mol. The van der Waals surface area contributed by atoms with Crippen LogP contribution in [0.5, 0.6) is 0 Å². The number of nitrogens with one attached hydrogen (secondary N) is 1. The summed E-state index contributed by atoms with van der Waals surface area (Å²) in [7, 11) is 0. The summed E-state index contributed by atoms with van der Waals surface area (Å²) in [4.78, 5) is 42.1. The molecule has 128 valence electrons. The first-order valence-corrected chi connectivity index (χ1v) is 8.21. The number of nitrogens with zero attached hydrogens (tertiary/aromatic N) is 2. The minimum Gasteiger partial charge on any atom is -0.339 e. The van der Waals surface area contributed by atoms with Crippen molar-refractivity contribution in [2.45, 2.75) is 19.8 Å². The van der Waals surface area contributed by atoms with Gasteiger partial charge >= 0.3 is 0 Å². The molecule has 1 fully saturated rings. The first kappa shape index (κ1) is 16.8. The predicted octanol–water partition coefficient (Wildman–Crippen LogP) is 2.77.